The Labute approximate surface area is 225 Å². The van der Waals surface area contributed by atoms with Gasteiger partial charge in [-0.2, -0.15) is 0 Å². The number of halogens is 4. The summed E-state index contributed by atoms with van der Waals surface area (Å²) in [6, 6.07) is 2.42. The summed E-state index contributed by atoms with van der Waals surface area (Å²) in [6.07, 6.45) is 4.03. The number of aromatic nitrogens is 5. The molecular weight excluding hydrogens is 595 g/mol. The van der Waals surface area contributed by atoms with E-state index in [1.165, 1.54) is 35.2 Å². The summed E-state index contributed by atoms with van der Waals surface area (Å²) in [7, 11) is 0. The number of aliphatic hydroxyl groups is 2. The Morgan fingerprint density at radius 1 is 1.11 bits per heavy atom. The lowest BCUT2D eigenvalue weighted by molar-refractivity contribution is -0.197. The van der Waals surface area contributed by atoms with Gasteiger partial charge in [0.25, 0.3) is 0 Å². The Morgan fingerprint density at radius 2 is 1.89 bits per heavy atom. The molecule has 4 heterocycles. The third-order valence-corrected chi connectivity index (χ3v) is 7.29. The van der Waals surface area contributed by atoms with E-state index in [9.17, 15) is 23.4 Å². The molecule has 0 amide bonds. The lowest BCUT2D eigenvalue weighted by Crippen LogP contribution is -2.55. The van der Waals surface area contributed by atoms with Crippen LogP contribution in [-0.4, -0.2) is 65.5 Å². The van der Waals surface area contributed by atoms with Crippen molar-refractivity contribution in [1.82, 2.24) is 25.0 Å². The highest BCUT2D eigenvalue weighted by molar-refractivity contribution is 9.10. The van der Waals surface area contributed by atoms with Crippen LogP contribution in [0.1, 0.15) is 11.8 Å². The second kappa shape index (κ2) is 11.5. The molecule has 0 spiro atoms. The third kappa shape index (κ3) is 5.62. The van der Waals surface area contributed by atoms with Gasteiger partial charge in [0, 0.05) is 27.3 Å². The molecule has 38 heavy (non-hydrogen) atoms. The van der Waals surface area contributed by atoms with Crippen LogP contribution in [0.3, 0.4) is 0 Å². The molecule has 0 aliphatic carbocycles. The van der Waals surface area contributed by atoms with Gasteiger partial charge in [0.1, 0.15) is 47.9 Å². The molecule has 1 aliphatic heterocycles. The Kier molecular flexibility index (Phi) is 8.11. The predicted molar refractivity (Wildman–Crippen MR) is 129 cm³/mol. The highest BCUT2D eigenvalue weighted by atomic mass is 79.9. The molecule has 10 nitrogen and oxygen atoms in total. The van der Waals surface area contributed by atoms with Gasteiger partial charge in [0.05, 0.1) is 19.0 Å². The van der Waals surface area contributed by atoms with Crippen LogP contribution in [0.4, 0.5) is 13.2 Å². The van der Waals surface area contributed by atoms with Crippen molar-refractivity contribution in [3.63, 3.8) is 0 Å². The van der Waals surface area contributed by atoms with E-state index in [4.69, 9.17) is 13.9 Å². The van der Waals surface area contributed by atoms with Crippen LogP contribution in [0.5, 0.6) is 0 Å². The monoisotopic (exact) mass is 613 g/mol. The van der Waals surface area contributed by atoms with E-state index >= 15 is 0 Å². The zero-order valence-corrected chi connectivity index (χ0v) is 21.6. The molecule has 200 valence electrons. The number of oxazole rings is 1. The van der Waals surface area contributed by atoms with Crippen molar-refractivity contribution in [2.45, 2.75) is 41.3 Å². The first-order chi connectivity index (χ1) is 18.3. The molecule has 1 fully saturated rings. The second-order valence-corrected chi connectivity index (χ2v) is 10.3. The summed E-state index contributed by atoms with van der Waals surface area (Å²) < 4.78 is 60.5. The first kappa shape index (κ1) is 26.8. The van der Waals surface area contributed by atoms with E-state index < -0.39 is 53.8 Å². The fourth-order valence-corrected chi connectivity index (χ4v) is 5.65. The van der Waals surface area contributed by atoms with Crippen molar-refractivity contribution in [2.24, 2.45) is 0 Å². The van der Waals surface area contributed by atoms with Gasteiger partial charge in [-0.15, -0.1) is 5.10 Å². The van der Waals surface area contributed by atoms with Gasteiger partial charge in [-0.25, -0.2) is 22.8 Å². The highest BCUT2D eigenvalue weighted by Gasteiger charge is 2.48. The highest BCUT2D eigenvalue weighted by Crippen LogP contribution is 2.40. The van der Waals surface area contributed by atoms with Crippen molar-refractivity contribution in [3.8, 4) is 11.3 Å². The third-order valence-electron chi connectivity index (χ3n) is 5.75. The van der Waals surface area contributed by atoms with E-state index in [0.717, 1.165) is 16.6 Å². The first-order valence-corrected chi connectivity index (χ1v) is 12.8. The Morgan fingerprint density at radius 3 is 2.58 bits per heavy atom. The Balaban J connectivity index is 1.51. The molecule has 3 aromatic heterocycles. The standard InChI is InChI=1S/C23H19BrF3N5O5S/c24-12-3-14(6-28-4-12)38-23-22(35-9-13-5-29-10-36-13)20(21(34)18(8-33)37-23)32-7-17(30-31-32)11-1-15(25)19(27)16(26)2-11/h1-7,10,18,20-23,33-34H,8-9H2/t18?,20?,21-,22?,23+/m0/s1. The van der Waals surface area contributed by atoms with Crippen LogP contribution in [0.25, 0.3) is 11.3 Å². The van der Waals surface area contributed by atoms with Crippen molar-refractivity contribution in [3.05, 3.63) is 77.1 Å². The number of hydrogen-bond acceptors (Lipinski definition) is 10. The molecule has 1 aliphatic rings. The Hall–Kier alpha value is -2.82. The minimum Gasteiger partial charge on any atom is -0.446 e. The van der Waals surface area contributed by atoms with Crippen LogP contribution < -0.4 is 0 Å². The number of nitrogens with zero attached hydrogens (tertiary/aromatic N) is 5. The summed E-state index contributed by atoms with van der Waals surface area (Å²) in [4.78, 5) is 8.72. The zero-order valence-electron chi connectivity index (χ0n) is 19.2. The van der Waals surface area contributed by atoms with Gasteiger partial charge in [0.15, 0.2) is 23.8 Å². The maximum absolute atomic E-state index is 13.8. The van der Waals surface area contributed by atoms with Crippen molar-refractivity contribution in [2.75, 3.05) is 6.61 Å². The minimum atomic E-state index is -1.60. The number of rotatable bonds is 8. The molecule has 0 saturated carbocycles. The topological polar surface area (TPSA) is 129 Å². The fraction of sp³-hybridized carbons (Fsp3) is 0.304. The van der Waals surface area contributed by atoms with Crippen LogP contribution in [0, 0.1) is 17.5 Å². The smallest absolute Gasteiger partial charge is 0.194 e. The number of hydrogen-bond donors (Lipinski definition) is 2. The molecule has 5 rings (SSSR count). The largest absolute Gasteiger partial charge is 0.446 e. The summed E-state index contributed by atoms with van der Waals surface area (Å²) in [5.74, 6) is -3.96. The molecule has 2 N–H and O–H groups in total. The van der Waals surface area contributed by atoms with Gasteiger partial charge >= 0.3 is 0 Å². The van der Waals surface area contributed by atoms with E-state index in [1.807, 2.05) is 6.07 Å². The average molecular weight is 614 g/mol. The van der Waals surface area contributed by atoms with E-state index in [-0.39, 0.29) is 17.9 Å². The van der Waals surface area contributed by atoms with E-state index in [0.29, 0.717) is 10.7 Å². The van der Waals surface area contributed by atoms with Crippen LogP contribution >= 0.6 is 27.7 Å². The molecule has 1 aromatic carbocycles. The van der Waals surface area contributed by atoms with Crippen molar-refractivity contribution >= 4 is 27.7 Å². The molecule has 4 aromatic rings. The first-order valence-electron chi connectivity index (χ1n) is 11.1. The number of thioether (sulfide) groups is 1. The quantitative estimate of drug-likeness (QED) is 0.285. The number of aliphatic hydroxyl groups excluding tert-OH is 2. The summed E-state index contributed by atoms with van der Waals surface area (Å²) in [5.41, 5.74) is -0.817. The van der Waals surface area contributed by atoms with E-state index in [2.05, 4.69) is 36.2 Å². The Bertz CT molecular complexity index is 1370. The van der Waals surface area contributed by atoms with Crippen LogP contribution in [0.15, 0.2) is 63.2 Å². The zero-order chi connectivity index (χ0) is 26.8. The lowest BCUT2D eigenvalue weighted by atomic mass is 9.97. The number of ether oxygens (including phenoxy) is 2. The molecule has 5 atom stereocenters. The molecule has 15 heteroatoms. The van der Waals surface area contributed by atoms with Gasteiger partial charge in [-0.3, -0.25) is 4.98 Å². The normalized spacial score (nSPS) is 23.6. The van der Waals surface area contributed by atoms with Gasteiger partial charge in [0.2, 0.25) is 0 Å². The molecule has 0 radical (unpaired) electrons. The van der Waals surface area contributed by atoms with E-state index in [1.54, 1.807) is 12.4 Å². The number of pyridine rings is 1. The summed E-state index contributed by atoms with van der Waals surface area (Å²) in [6.45, 7) is -0.555. The van der Waals surface area contributed by atoms with Gasteiger partial charge in [-0.05, 0) is 34.1 Å². The van der Waals surface area contributed by atoms with Gasteiger partial charge < -0.3 is 24.1 Å². The maximum atomic E-state index is 13.8. The SMILES string of the molecule is OCC1O[C@H](Sc2cncc(Br)c2)C(OCc2cnco2)C(n2cc(-c3cc(F)c(F)c(F)c3)nn2)[C@H]1O. The molecule has 1 saturated heterocycles. The summed E-state index contributed by atoms with van der Waals surface area (Å²) in [5, 5.41) is 29.1. The van der Waals surface area contributed by atoms with Crippen LogP contribution in [-0.2, 0) is 16.1 Å². The predicted octanol–water partition coefficient (Wildman–Crippen LogP) is 3.50. The summed E-state index contributed by atoms with van der Waals surface area (Å²) >= 11 is 4.62. The molecule has 0 bridgehead atoms. The fourth-order valence-electron chi connectivity index (χ4n) is 3.98. The lowest BCUT2D eigenvalue weighted by Gasteiger charge is -2.43. The molecular formula is C23H19BrF3N5O5S. The van der Waals surface area contributed by atoms with Crippen molar-refractivity contribution in [1.29, 1.82) is 0 Å². The maximum Gasteiger partial charge on any atom is 0.194 e. The van der Waals surface area contributed by atoms with Gasteiger partial charge in [-0.1, -0.05) is 17.0 Å². The number of benzene rings is 1. The minimum absolute atomic E-state index is 0.0245. The van der Waals surface area contributed by atoms with Crippen LogP contribution in [0.2, 0.25) is 0 Å². The molecule has 3 unspecified atom stereocenters. The second-order valence-electron chi connectivity index (χ2n) is 8.24. The average Bonchev–Trinajstić information content (AvgIpc) is 3.59. The van der Waals surface area contributed by atoms with Crippen molar-refractivity contribution < 1.29 is 37.3 Å².